The topological polar surface area (TPSA) is 83.0 Å². The molecule has 2 N–H and O–H groups in total. The summed E-state index contributed by atoms with van der Waals surface area (Å²) in [5.74, 6) is 2.47. The summed E-state index contributed by atoms with van der Waals surface area (Å²) in [6.45, 7) is 6.89. The first-order valence-electron chi connectivity index (χ1n) is 10.1. The minimum atomic E-state index is -3.12. The molecule has 0 saturated heterocycles. The van der Waals surface area contributed by atoms with Gasteiger partial charge in [0, 0.05) is 32.2 Å². The standard InChI is InChI=1S/C20H34N4O3S.HI/c1-4-21-20(22-13-8-14-24(3)28(25,26)5-2)23-15-18-9-6-7-10-19(18)27-16-17-11-12-17;/h6-7,9-10,17H,4-5,8,11-16H2,1-3H3,(H2,21,22,23);1H. The normalized spacial score (nSPS) is 14.4. The Balaban J connectivity index is 0.00000420. The molecule has 1 saturated carbocycles. The van der Waals surface area contributed by atoms with Crippen LogP contribution in [0.4, 0.5) is 0 Å². The monoisotopic (exact) mass is 538 g/mol. The molecule has 1 aromatic carbocycles. The number of hydrogen-bond donors (Lipinski definition) is 2. The number of guanidine groups is 1. The zero-order valence-corrected chi connectivity index (χ0v) is 20.8. The van der Waals surface area contributed by atoms with Crippen molar-refractivity contribution in [2.24, 2.45) is 10.9 Å². The highest BCUT2D eigenvalue weighted by Crippen LogP contribution is 2.30. The van der Waals surface area contributed by atoms with E-state index in [0.717, 1.165) is 30.4 Å². The van der Waals surface area contributed by atoms with E-state index >= 15 is 0 Å². The van der Waals surface area contributed by atoms with Crippen LogP contribution in [-0.4, -0.2) is 57.7 Å². The summed E-state index contributed by atoms with van der Waals surface area (Å²) >= 11 is 0. The van der Waals surface area contributed by atoms with Gasteiger partial charge in [0.05, 0.1) is 18.9 Å². The summed E-state index contributed by atoms with van der Waals surface area (Å²) in [5.41, 5.74) is 1.06. The fraction of sp³-hybridized carbons (Fsp3) is 0.650. The molecule has 0 radical (unpaired) electrons. The van der Waals surface area contributed by atoms with Gasteiger partial charge in [-0.2, -0.15) is 0 Å². The molecule has 0 aromatic heterocycles. The Morgan fingerprint density at radius 2 is 1.97 bits per heavy atom. The SMILES string of the molecule is CCNC(=NCc1ccccc1OCC1CC1)NCCCN(C)S(=O)(=O)CC.I. The molecule has 29 heavy (non-hydrogen) atoms. The van der Waals surface area contributed by atoms with Crippen LogP contribution >= 0.6 is 24.0 Å². The fourth-order valence-electron chi connectivity index (χ4n) is 2.64. The van der Waals surface area contributed by atoms with Crippen molar-refractivity contribution < 1.29 is 13.2 Å². The second-order valence-corrected chi connectivity index (χ2v) is 9.42. The molecule has 0 heterocycles. The van der Waals surface area contributed by atoms with Gasteiger partial charge in [0.15, 0.2) is 5.96 Å². The van der Waals surface area contributed by atoms with Gasteiger partial charge >= 0.3 is 0 Å². The van der Waals surface area contributed by atoms with Crippen molar-refractivity contribution >= 4 is 40.0 Å². The van der Waals surface area contributed by atoms with E-state index < -0.39 is 10.0 Å². The lowest BCUT2D eigenvalue weighted by atomic mass is 10.2. The van der Waals surface area contributed by atoms with Gasteiger partial charge in [0.1, 0.15) is 5.75 Å². The molecule has 0 spiro atoms. The lowest BCUT2D eigenvalue weighted by Crippen LogP contribution is -2.39. The minimum Gasteiger partial charge on any atom is -0.493 e. The largest absolute Gasteiger partial charge is 0.493 e. The number of aliphatic imine (C=N–C) groups is 1. The first-order chi connectivity index (χ1) is 13.5. The zero-order valence-electron chi connectivity index (χ0n) is 17.7. The third kappa shape index (κ3) is 9.52. The lowest BCUT2D eigenvalue weighted by molar-refractivity contribution is 0.297. The summed E-state index contributed by atoms with van der Waals surface area (Å²) in [4.78, 5) is 4.65. The predicted octanol–water partition coefficient (Wildman–Crippen LogP) is 2.82. The number of sulfonamides is 1. The number of halogens is 1. The molecule has 1 aliphatic carbocycles. The van der Waals surface area contributed by atoms with E-state index in [-0.39, 0.29) is 29.7 Å². The Hall–Kier alpha value is -1.07. The van der Waals surface area contributed by atoms with E-state index in [2.05, 4.69) is 15.6 Å². The Bertz CT molecular complexity index is 739. The van der Waals surface area contributed by atoms with Gasteiger partial charge in [0.2, 0.25) is 10.0 Å². The average Bonchev–Trinajstić information content (AvgIpc) is 3.52. The van der Waals surface area contributed by atoms with Gasteiger partial charge in [-0.1, -0.05) is 18.2 Å². The highest BCUT2D eigenvalue weighted by atomic mass is 127. The summed E-state index contributed by atoms with van der Waals surface area (Å²) in [6.07, 6.45) is 3.24. The Morgan fingerprint density at radius 3 is 2.62 bits per heavy atom. The predicted molar refractivity (Wildman–Crippen MR) is 130 cm³/mol. The summed E-state index contributed by atoms with van der Waals surface area (Å²) in [7, 11) is -1.50. The van der Waals surface area contributed by atoms with Crippen LogP contribution in [0.1, 0.15) is 38.7 Å². The molecule has 1 aromatic rings. The van der Waals surface area contributed by atoms with E-state index in [0.29, 0.717) is 32.0 Å². The first kappa shape index (κ1) is 26.0. The van der Waals surface area contributed by atoms with Crippen molar-refractivity contribution in [2.75, 3.05) is 39.0 Å². The van der Waals surface area contributed by atoms with Crippen LogP contribution in [0, 0.1) is 5.92 Å². The number of benzene rings is 1. The number of rotatable bonds is 12. The Kier molecular flexibility index (Phi) is 11.9. The van der Waals surface area contributed by atoms with Gasteiger partial charge in [-0.25, -0.2) is 17.7 Å². The Morgan fingerprint density at radius 1 is 1.24 bits per heavy atom. The summed E-state index contributed by atoms with van der Waals surface area (Å²) < 4.78 is 30.9. The van der Waals surface area contributed by atoms with Crippen LogP contribution in [0.25, 0.3) is 0 Å². The average molecular weight is 538 g/mol. The van der Waals surface area contributed by atoms with Crippen molar-refractivity contribution in [3.63, 3.8) is 0 Å². The van der Waals surface area contributed by atoms with Gasteiger partial charge in [0.25, 0.3) is 0 Å². The quantitative estimate of drug-likeness (QED) is 0.185. The number of nitrogens with one attached hydrogen (secondary N) is 2. The molecule has 0 unspecified atom stereocenters. The minimum absolute atomic E-state index is 0. The Labute approximate surface area is 192 Å². The van der Waals surface area contributed by atoms with Crippen LogP contribution in [0.15, 0.2) is 29.3 Å². The maximum atomic E-state index is 11.8. The second kappa shape index (κ2) is 13.3. The maximum Gasteiger partial charge on any atom is 0.213 e. The van der Waals surface area contributed by atoms with Crippen LogP contribution < -0.4 is 15.4 Å². The molecule has 7 nitrogen and oxygen atoms in total. The van der Waals surface area contributed by atoms with E-state index in [4.69, 9.17) is 4.74 Å². The molecule has 1 fully saturated rings. The summed E-state index contributed by atoms with van der Waals surface area (Å²) in [6, 6.07) is 8.02. The van der Waals surface area contributed by atoms with Crippen molar-refractivity contribution in [1.82, 2.24) is 14.9 Å². The van der Waals surface area contributed by atoms with E-state index in [1.165, 1.54) is 17.1 Å². The third-order valence-electron chi connectivity index (χ3n) is 4.68. The molecule has 0 bridgehead atoms. The van der Waals surface area contributed by atoms with Crippen LogP contribution in [-0.2, 0) is 16.6 Å². The van der Waals surface area contributed by atoms with Gasteiger partial charge in [-0.15, -0.1) is 24.0 Å². The number of hydrogen-bond acceptors (Lipinski definition) is 4. The van der Waals surface area contributed by atoms with E-state index in [9.17, 15) is 8.42 Å². The molecular formula is C20H35IN4O3S. The molecule has 2 rings (SSSR count). The van der Waals surface area contributed by atoms with Crippen molar-refractivity contribution in [3.05, 3.63) is 29.8 Å². The molecule has 0 amide bonds. The fourth-order valence-corrected chi connectivity index (χ4v) is 3.49. The third-order valence-corrected chi connectivity index (χ3v) is 6.54. The summed E-state index contributed by atoms with van der Waals surface area (Å²) in [5, 5.41) is 6.50. The van der Waals surface area contributed by atoms with Crippen LogP contribution in [0.5, 0.6) is 5.75 Å². The van der Waals surface area contributed by atoms with Gasteiger partial charge < -0.3 is 15.4 Å². The van der Waals surface area contributed by atoms with Crippen LogP contribution in [0.3, 0.4) is 0 Å². The molecule has 0 aliphatic heterocycles. The number of nitrogens with zero attached hydrogens (tertiary/aromatic N) is 2. The zero-order chi connectivity index (χ0) is 20.4. The molecule has 9 heteroatoms. The van der Waals surface area contributed by atoms with Gasteiger partial charge in [-0.05, 0) is 45.1 Å². The van der Waals surface area contributed by atoms with Crippen LogP contribution in [0.2, 0.25) is 0 Å². The van der Waals surface area contributed by atoms with Gasteiger partial charge in [-0.3, -0.25) is 0 Å². The highest BCUT2D eigenvalue weighted by Gasteiger charge is 2.22. The smallest absolute Gasteiger partial charge is 0.213 e. The number of ether oxygens (including phenoxy) is 1. The van der Waals surface area contributed by atoms with Crippen molar-refractivity contribution in [1.29, 1.82) is 0 Å². The van der Waals surface area contributed by atoms with E-state index in [1.54, 1.807) is 14.0 Å². The molecular weight excluding hydrogens is 503 g/mol. The van der Waals surface area contributed by atoms with Crippen molar-refractivity contribution in [2.45, 2.75) is 39.7 Å². The molecule has 1 aliphatic rings. The molecule has 0 atom stereocenters. The first-order valence-corrected chi connectivity index (χ1v) is 11.7. The number of para-hydroxylation sites is 1. The van der Waals surface area contributed by atoms with E-state index in [1.807, 2.05) is 31.2 Å². The molecule has 166 valence electrons. The lowest BCUT2D eigenvalue weighted by Gasteiger charge is -2.17. The highest BCUT2D eigenvalue weighted by molar-refractivity contribution is 14.0. The maximum absolute atomic E-state index is 11.8. The second-order valence-electron chi connectivity index (χ2n) is 7.06. The van der Waals surface area contributed by atoms with Crippen molar-refractivity contribution in [3.8, 4) is 5.75 Å².